The van der Waals surface area contributed by atoms with E-state index in [4.69, 9.17) is 0 Å². The smallest absolute Gasteiger partial charge is 0.456 e. The van der Waals surface area contributed by atoms with Gasteiger partial charge in [-0.2, -0.15) is 22.0 Å². The van der Waals surface area contributed by atoms with E-state index in [-0.39, 0.29) is 8.80 Å². The Morgan fingerprint density at radius 2 is 1.54 bits per heavy atom. The quantitative estimate of drug-likeness (QED) is 0.135. The molecule has 0 aromatic heterocycles. The predicted molar refractivity (Wildman–Crippen MR) is 138 cm³/mol. The van der Waals surface area contributed by atoms with Crippen LogP contribution in [0.1, 0.15) is 89.5 Å². The molecule has 2 fully saturated rings. The van der Waals surface area contributed by atoms with Crippen molar-refractivity contribution in [1.82, 2.24) is 0 Å². The van der Waals surface area contributed by atoms with Crippen LogP contribution in [0.15, 0.2) is 18.2 Å². The second kappa shape index (κ2) is 14.3. The summed E-state index contributed by atoms with van der Waals surface area (Å²) in [6.07, 6.45) is 10.5. The molecule has 2 aliphatic rings. The summed E-state index contributed by atoms with van der Waals surface area (Å²) in [6.45, 7) is 0.350. The Balaban J connectivity index is 1.29. The minimum Gasteiger partial charge on any atom is -0.484 e. The topological polar surface area (TPSA) is 9.23 Å². The largest absolute Gasteiger partial charge is 0.484 e. The van der Waals surface area contributed by atoms with E-state index in [1.165, 1.54) is 94.5 Å². The maximum absolute atomic E-state index is 14.2. The zero-order valence-corrected chi connectivity index (χ0v) is 23.2. The molecule has 1 aliphatic carbocycles. The molecule has 8 heteroatoms. The van der Waals surface area contributed by atoms with Gasteiger partial charge in [-0.15, -0.1) is 0 Å². The summed E-state index contributed by atoms with van der Waals surface area (Å²) in [7, 11) is -0.0595. The third kappa shape index (κ3) is 9.50. The van der Waals surface area contributed by atoms with Gasteiger partial charge in [0, 0.05) is 8.80 Å². The van der Waals surface area contributed by atoms with Gasteiger partial charge in [0.25, 0.3) is 0 Å². The van der Waals surface area contributed by atoms with Gasteiger partial charge in [-0.3, -0.25) is 0 Å². The summed E-state index contributed by atoms with van der Waals surface area (Å²) < 4.78 is 81.3. The Morgan fingerprint density at radius 3 is 2.16 bits per heavy atom. The number of ether oxygens (including phenoxy) is 1. The van der Waals surface area contributed by atoms with E-state index in [1.54, 1.807) is 0 Å². The highest BCUT2D eigenvalue weighted by molar-refractivity contribution is 6.58. The van der Waals surface area contributed by atoms with E-state index in [1.807, 2.05) is 0 Å². The van der Waals surface area contributed by atoms with Gasteiger partial charge in [-0.1, -0.05) is 88.9 Å². The van der Waals surface area contributed by atoms with Crippen LogP contribution in [0.2, 0.25) is 18.1 Å². The zero-order chi connectivity index (χ0) is 26.9. The standard InChI is InChI=1S/C29H43F6OSi/c1-2-3-6-17-37-18-15-25(16-19-37)24-12-9-22(10-13-24)7-4-5-8-23-11-14-27(26(30)20-23)36-21-28(31,32)29(33,34)35/h11,14,20,22,24-25H,2-10,12-13,15-19,21H2,1H3. The van der Waals surface area contributed by atoms with Gasteiger partial charge >= 0.3 is 12.1 Å². The van der Waals surface area contributed by atoms with Crippen molar-refractivity contribution in [3.05, 3.63) is 29.6 Å². The number of unbranched alkanes of at least 4 members (excludes halogenated alkanes) is 3. The van der Waals surface area contributed by atoms with Crippen molar-refractivity contribution in [2.45, 2.75) is 121 Å². The molecule has 1 saturated carbocycles. The average Bonchev–Trinajstić information content (AvgIpc) is 2.86. The third-order valence-electron chi connectivity index (χ3n) is 8.58. The summed E-state index contributed by atoms with van der Waals surface area (Å²) in [5, 5.41) is 0. The van der Waals surface area contributed by atoms with Gasteiger partial charge in [0.1, 0.15) is 0 Å². The number of halogens is 6. The van der Waals surface area contributed by atoms with Crippen molar-refractivity contribution in [2.24, 2.45) is 17.8 Å². The summed E-state index contributed by atoms with van der Waals surface area (Å²) in [4.78, 5) is 0. The molecule has 1 aromatic rings. The first-order chi connectivity index (χ1) is 17.6. The van der Waals surface area contributed by atoms with Crippen LogP contribution < -0.4 is 4.74 Å². The summed E-state index contributed by atoms with van der Waals surface area (Å²) in [5.74, 6) is -3.86. The minimum absolute atomic E-state index is 0.0595. The highest BCUT2D eigenvalue weighted by Crippen LogP contribution is 2.42. The molecular formula is C29H43F6OSi. The van der Waals surface area contributed by atoms with Crippen LogP contribution in [0.3, 0.4) is 0 Å². The lowest BCUT2D eigenvalue weighted by Gasteiger charge is -2.37. The normalized spacial score (nSPS) is 22.4. The van der Waals surface area contributed by atoms with E-state index >= 15 is 0 Å². The molecular weight excluding hydrogens is 506 g/mol. The number of benzene rings is 1. The van der Waals surface area contributed by atoms with Gasteiger partial charge < -0.3 is 4.74 Å². The molecule has 0 amide bonds. The molecule has 1 radical (unpaired) electrons. The molecule has 1 saturated heterocycles. The predicted octanol–water partition coefficient (Wildman–Crippen LogP) is 10.0. The Kier molecular flexibility index (Phi) is 11.7. The van der Waals surface area contributed by atoms with E-state index in [2.05, 4.69) is 11.7 Å². The summed E-state index contributed by atoms with van der Waals surface area (Å²) in [6, 6.07) is 8.45. The Morgan fingerprint density at radius 1 is 0.865 bits per heavy atom. The maximum Gasteiger partial charge on any atom is 0.456 e. The molecule has 0 bridgehead atoms. The van der Waals surface area contributed by atoms with E-state index in [0.717, 1.165) is 36.7 Å². The highest BCUT2D eigenvalue weighted by Gasteiger charge is 2.58. The monoisotopic (exact) mass is 549 g/mol. The molecule has 1 aromatic carbocycles. The van der Waals surface area contributed by atoms with Crippen molar-refractivity contribution in [2.75, 3.05) is 6.61 Å². The first-order valence-electron chi connectivity index (χ1n) is 14.3. The summed E-state index contributed by atoms with van der Waals surface area (Å²) in [5.41, 5.74) is 0.698. The second-order valence-corrected chi connectivity index (χ2v) is 14.3. The van der Waals surface area contributed by atoms with Crippen LogP contribution in [0.4, 0.5) is 26.3 Å². The average molecular weight is 550 g/mol. The molecule has 1 heterocycles. The molecule has 0 spiro atoms. The van der Waals surface area contributed by atoms with E-state index < -0.39 is 30.3 Å². The van der Waals surface area contributed by atoms with Crippen molar-refractivity contribution in [3.63, 3.8) is 0 Å². The summed E-state index contributed by atoms with van der Waals surface area (Å²) >= 11 is 0. The molecule has 0 N–H and O–H groups in total. The zero-order valence-electron chi connectivity index (χ0n) is 22.2. The Bertz CT molecular complexity index is 798. The molecule has 1 nitrogen and oxygen atoms in total. The first kappa shape index (κ1) is 30.4. The van der Waals surface area contributed by atoms with Crippen LogP contribution >= 0.6 is 0 Å². The van der Waals surface area contributed by atoms with Gasteiger partial charge in [-0.25, -0.2) is 4.39 Å². The molecule has 0 atom stereocenters. The van der Waals surface area contributed by atoms with Gasteiger partial charge in [0.2, 0.25) is 0 Å². The van der Waals surface area contributed by atoms with E-state index in [0.29, 0.717) is 12.0 Å². The van der Waals surface area contributed by atoms with Crippen molar-refractivity contribution >= 4 is 8.80 Å². The fourth-order valence-electron chi connectivity index (χ4n) is 6.17. The number of aryl methyl sites for hydroxylation is 1. The Labute approximate surface area is 220 Å². The lowest BCUT2D eigenvalue weighted by Crippen LogP contribution is -2.41. The van der Waals surface area contributed by atoms with Crippen LogP contribution in [-0.2, 0) is 6.42 Å². The van der Waals surface area contributed by atoms with Gasteiger partial charge in [0.15, 0.2) is 18.2 Å². The molecule has 0 unspecified atom stereocenters. The number of rotatable bonds is 13. The van der Waals surface area contributed by atoms with Crippen LogP contribution in [-0.4, -0.2) is 27.5 Å². The second-order valence-electron chi connectivity index (χ2n) is 11.3. The molecule has 1 aliphatic heterocycles. The van der Waals surface area contributed by atoms with Gasteiger partial charge in [0.05, 0.1) is 0 Å². The van der Waals surface area contributed by atoms with Crippen LogP contribution in [0, 0.1) is 23.6 Å². The fourth-order valence-corrected chi connectivity index (χ4v) is 9.23. The van der Waals surface area contributed by atoms with E-state index in [9.17, 15) is 26.3 Å². The third-order valence-corrected chi connectivity index (χ3v) is 11.6. The molecule has 211 valence electrons. The number of hydrogen-bond donors (Lipinski definition) is 0. The van der Waals surface area contributed by atoms with Crippen molar-refractivity contribution < 1.29 is 31.1 Å². The Hall–Kier alpha value is -1.18. The first-order valence-corrected chi connectivity index (χ1v) is 16.4. The maximum atomic E-state index is 14.2. The minimum atomic E-state index is -5.73. The SMILES string of the molecule is CCCCC[Si]1CCC(C2CCC(CCCCc3ccc(OCC(F)(F)C(F)(F)F)c(F)c3)CC2)CC1. The van der Waals surface area contributed by atoms with Crippen LogP contribution in [0.25, 0.3) is 0 Å². The van der Waals surface area contributed by atoms with Crippen LogP contribution in [0.5, 0.6) is 5.75 Å². The number of hydrogen-bond acceptors (Lipinski definition) is 1. The number of alkyl halides is 5. The lowest BCUT2D eigenvalue weighted by molar-refractivity contribution is -0.290. The van der Waals surface area contributed by atoms with Crippen molar-refractivity contribution in [3.8, 4) is 5.75 Å². The fraction of sp³-hybridized carbons (Fsp3) is 0.793. The molecule has 3 rings (SSSR count). The van der Waals surface area contributed by atoms with Crippen molar-refractivity contribution in [1.29, 1.82) is 0 Å². The lowest BCUT2D eigenvalue weighted by atomic mass is 9.73. The molecule has 37 heavy (non-hydrogen) atoms. The highest BCUT2D eigenvalue weighted by atomic mass is 28.3. The van der Waals surface area contributed by atoms with Gasteiger partial charge in [-0.05, 0) is 61.1 Å².